The molecule has 2 rings (SSSR count). The van der Waals surface area contributed by atoms with Crippen LogP contribution in [-0.2, 0) is 0 Å². The lowest BCUT2D eigenvalue weighted by Gasteiger charge is -2.04. The highest BCUT2D eigenvalue weighted by Gasteiger charge is 2.23. The molecule has 0 saturated heterocycles. The number of aliphatic hydroxyl groups excluding tert-OH is 1. The fourth-order valence-electron chi connectivity index (χ4n) is 1.42. The van der Waals surface area contributed by atoms with E-state index in [-0.39, 0.29) is 10.8 Å². The summed E-state index contributed by atoms with van der Waals surface area (Å²) >= 11 is 6.96. The summed E-state index contributed by atoms with van der Waals surface area (Å²) in [4.78, 5) is 10.9. The molecule has 1 atom stereocenters. The molecule has 0 fully saturated rings. The molecule has 7 heteroatoms. The zero-order chi connectivity index (χ0) is 14.0. The van der Waals surface area contributed by atoms with Crippen molar-refractivity contribution in [2.75, 3.05) is 0 Å². The Balaban J connectivity index is 2.39. The van der Waals surface area contributed by atoms with Crippen LogP contribution >= 0.6 is 22.9 Å². The molecule has 0 aliphatic heterocycles. The minimum atomic E-state index is -0.785. The van der Waals surface area contributed by atoms with Gasteiger partial charge in [-0.25, -0.2) is 0 Å². The van der Waals surface area contributed by atoms with Gasteiger partial charge < -0.3 is 9.84 Å². The summed E-state index contributed by atoms with van der Waals surface area (Å²) in [7, 11) is 0. The molecule has 0 aliphatic rings. The highest BCUT2D eigenvalue weighted by Crippen LogP contribution is 2.43. The Morgan fingerprint density at radius 3 is 2.74 bits per heavy atom. The minimum Gasteiger partial charge on any atom is -0.438 e. The number of ether oxygens (including phenoxy) is 1. The second-order valence-electron chi connectivity index (χ2n) is 3.79. The minimum absolute atomic E-state index is 0.106. The molecule has 5 nitrogen and oxygen atoms in total. The zero-order valence-electron chi connectivity index (χ0n) is 9.87. The lowest BCUT2D eigenvalue weighted by atomic mass is 10.3. The van der Waals surface area contributed by atoms with Gasteiger partial charge in [-0.2, -0.15) is 0 Å². The number of hydrogen-bond acceptors (Lipinski definition) is 5. The van der Waals surface area contributed by atoms with E-state index >= 15 is 0 Å². The first-order valence-corrected chi connectivity index (χ1v) is 6.57. The van der Waals surface area contributed by atoms with Crippen molar-refractivity contribution < 1.29 is 14.8 Å². The molecule has 1 aromatic heterocycles. The Hall–Kier alpha value is -1.63. The van der Waals surface area contributed by atoms with Gasteiger partial charge in [0, 0.05) is 10.9 Å². The largest absolute Gasteiger partial charge is 0.438 e. The average molecular weight is 300 g/mol. The summed E-state index contributed by atoms with van der Waals surface area (Å²) in [5, 5.41) is 20.9. The Morgan fingerprint density at radius 1 is 1.47 bits per heavy atom. The summed E-state index contributed by atoms with van der Waals surface area (Å²) in [6.45, 7) is 1.54. The second-order valence-corrected chi connectivity index (χ2v) is 5.24. The average Bonchev–Trinajstić information content (AvgIpc) is 2.76. The van der Waals surface area contributed by atoms with Crippen LogP contribution < -0.4 is 4.74 Å². The van der Waals surface area contributed by atoms with Crippen LogP contribution in [0.1, 0.15) is 17.9 Å². The van der Waals surface area contributed by atoms with Gasteiger partial charge in [0.2, 0.25) is 0 Å². The normalized spacial score (nSPS) is 12.2. The molecule has 0 amide bonds. The number of rotatable bonds is 4. The van der Waals surface area contributed by atoms with Gasteiger partial charge in [0.05, 0.1) is 16.0 Å². The number of hydrogen-bond donors (Lipinski definition) is 1. The van der Waals surface area contributed by atoms with Crippen molar-refractivity contribution in [1.29, 1.82) is 0 Å². The molecule has 100 valence electrons. The van der Waals surface area contributed by atoms with E-state index in [0.29, 0.717) is 15.6 Å². The van der Waals surface area contributed by atoms with Crippen LogP contribution in [0, 0.1) is 10.1 Å². The zero-order valence-corrected chi connectivity index (χ0v) is 11.4. The van der Waals surface area contributed by atoms with Gasteiger partial charge in [-0.1, -0.05) is 35.1 Å². The van der Waals surface area contributed by atoms with Gasteiger partial charge in [0.25, 0.3) is 5.06 Å². The highest BCUT2D eigenvalue weighted by atomic mass is 35.5. The van der Waals surface area contributed by atoms with Crippen molar-refractivity contribution in [3.63, 3.8) is 0 Å². The first-order chi connectivity index (χ1) is 8.99. The number of aliphatic hydroxyl groups is 1. The Labute approximate surface area is 118 Å². The molecule has 0 radical (unpaired) electrons. The molecule has 0 saturated carbocycles. The number of nitrogens with zero attached hydrogens (tertiary/aromatic N) is 1. The van der Waals surface area contributed by atoms with Crippen LogP contribution in [-0.4, -0.2) is 10.0 Å². The maximum atomic E-state index is 11.0. The Morgan fingerprint density at radius 2 is 2.16 bits per heavy atom. The number of para-hydroxylation sites is 1. The van der Waals surface area contributed by atoms with Gasteiger partial charge in [-0.05, 0) is 19.1 Å². The summed E-state index contributed by atoms with van der Waals surface area (Å²) < 4.78 is 5.47. The van der Waals surface area contributed by atoms with Gasteiger partial charge in [-0.15, -0.1) is 0 Å². The van der Waals surface area contributed by atoms with E-state index in [1.54, 1.807) is 24.3 Å². The molecule has 2 aromatic rings. The maximum absolute atomic E-state index is 11.0. The molecule has 0 spiro atoms. The first-order valence-electron chi connectivity index (χ1n) is 5.37. The highest BCUT2D eigenvalue weighted by molar-refractivity contribution is 7.14. The molecule has 1 unspecified atom stereocenters. The molecule has 1 aromatic carbocycles. The number of benzene rings is 1. The summed E-state index contributed by atoms with van der Waals surface area (Å²) in [5.74, 6) is 0.339. The first kappa shape index (κ1) is 13.8. The topological polar surface area (TPSA) is 72.6 Å². The van der Waals surface area contributed by atoms with Crippen LogP contribution in [0.5, 0.6) is 10.8 Å². The monoisotopic (exact) mass is 299 g/mol. The van der Waals surface area contributed by atoms with Crippen molar-refractivity contribution in [3.05, 3.63) is 50.3 Å². The lowest BCUT2D eigenvalue weighted by Crippen LogP contribution is -1.89. The number of thiophene rings is 1. The standard InChI is InChI=1S/C12H10ClNO4S/c1-7(15)11-6-9(14(16)17)12(19-11)18-10-5-3-2-4-8(10)13/h2-7,15H,1H3. The van der Waals surface area contributed by atoms with Gasteiger partial charge in [-0.3, -0.25) is 10.1 Å². The van der Waals surface area contributed by atoms with Crippen molar-refractivity contribution in [2.24, 2.45) is 0 Å². The van der Waals surface area contributed by atoms with Crippen LogP contribution in [0.15, 0.2) is 30.3 Å². The number of nitro groups is 1. The van der Waals surface area contributed by atoms with Gasteiger partial charge in [0.15, 0.2) is 0 Å². The smallest absolute Gasteiger partial charge is 0.323 e. The van der Waals surface area contributed by atoms with Gasteiger partial charge >= 0.3 is 5.69 Å². The van der Waals surface area contributed by atoms with E-state index in [0.717, 1.165) is 11.3 Å². The molecule has 1 heterocycles. The molecule has 0 bridgehead atoms. The number of halogens is 1. The third-order valence-corrected chi connectivity index (χ3v) is 3.83. The Kier molecular flexibility index (Phi) is 4.04. The third-order valence-electron chi connectivity index (χ3n) is 2.35. The van der Waals surface area contributed by atoms with Crippen molar-refractivity contribution >= 4 is 28.6 Å². The van der Waals surface area contributed by atoms with E-state index < -0.39 is 11.0 Å². The second kappa shape index (κ2) is 5.56. The van der Waals surface area contributed by atoms with Crippen LogP contribution in [0.3, 0.4) is 0 Å². The van der Waals surface area contributed by atoms with E-state index in [2.05, 4.69) is 0 Å². The van der Waals surface area contributed by atoms with Crippen molar-refractivity contribution in [1.82, 2.24) is 0 Å². The van der Waals surface area contributed by atoms with E-state index in [4.69, 9.17) is 16.3 Å². The molecular weight excluding hydrogens is 290 g/mol. The summed E-state index contributed by atoms with van der Waals surface area (Å²) in [6, 6.07) is 8.01. The van der Waals surface area contributed by atoms with E-state index in [1.807, 2.05) is 0 Å². The van der Waals surface area contributed by atoms with Crippen LogP contribution in [0.25, 0.3) is 0 Å². The van der Waals surface area contributed by atoms with Crippen LogP contribution in [0.2, 0.25) is 5.02 Å². The summed E-state index contributed by atoms with van der Waals surface area (Å²) in [5.41, 5.74) is -0.180. The SMILES string of the molecule is CC(O)c1cc([N+](=O)[O-])c(Oc2ccccc2Cl)s1. The molecular formula is C12H10ClNO4S. The van der Waals surface area contributed by atoms with E-state index in [1.165, 1.54) is 13.0 Å². The van der Waals surface area contributed by atoms with Crippen molar-refractivity contribution in [3.8, 4) is 10.8 Å². The molecule has 1 N–H and O–H groups in total. The molecule has 0 aliphatic carbocycles. The van der Waals surface area contributed by atoms with Crippen LogP contribution in [0.4, 0.5) is 5.69 Å². The third kappa shape index (κ3) is 3.04. The quantitative estimate of drug-likeness (QED) is 0.679. The van der Waals surface area contributed by atoms with Crippen molar-refractivity contribution in [2.45, 2.75) is 13.0 Å². The lowest BCUT2D eigenvalue weighted by molar-refractivity contribution is -0.385. The fraction of sp³-hybridized carbons (Fsp3) is 0.167. The summed E-state index contributed by atoms with van der Waals surface area (Å²) in [6.07, 6.45) is -0.785. The fourth-order valence-corrected chi connectivity index (χ4v) is 2.52. The predicted octanol–water partition coefficient (Wildman–Crippen LogP) is 4.16. The Bertz CT molecular complexity index is 612. The predicted molar refractivity (Wildman–Crippen MR) is 73.1 cm³/mol. The van der Waals surface area contributed by atoms with Gasteiger partial charge in [0.1, 0.15) is 5.75 Å². The molecule has 19 heavy (non-hydrogen) atoms. The van der Waals surface area contributed by atoms with E-state index in [9.17, 15) is 15.2 Å². The maximum Gasteiger partial charge on any atom is 0.323 e.